The van der Waals surface area contributed by atoms with Crippen LogP contribution in [0.4, 0.5) is 15.8 Å². The molecular weight excluding hydrogens is 517 g/mol. The average Bonchev–Trinajstić information content (AvgIpc) is 2.88. The van der Waals surface area contributed by atoms with Crippen LogP contribution in [0.3, 0.4) is 0 Å². The molecule has 1 fully saturated rings. The minimum absolute atomic E-state index is 0.228. The van der Waals surface area contributed by atoms with Gasteiger partial charge in [-0.15, -0.1) is 0 Å². The molecule has 1 atom stereocenters. The number of aliphatic carboxylic acids is 1. The number of aryl methyl sites for hydroxylation is 2. The van der Waals surface area contributed by atoms with Crippen LogP contribution < -0.4 is 10.2 Å². The molecule has 2 heterocycles. The predicted octanol–water partition coefficient (Wildman–Crippen LogP) is 7.73. The number of nitrogens with zero attached hydrogens (tertiary/aromatic N) is 2. The number of ether oxygens (including phenoxy) is 1. The molecule has 3 aromatic rings. The highest BCUT2D eigenvalue weighted by molar-refractivity contribution is 5.88. The van der Waals surface area contributed by atoms with Crippen molar-refractivity contribution in [3.05, 3.63) is 76.9 Å². The zero-order valence-corrected chi connectivity index (χ0v) is 25.5. The van der Waals surface area contributed by atoms with Crippen LogP contribution in [0, 0.1) is 25.1 Å². The molecule has 2 N–H and O–H groups in total. The Morgan fingerprint density at radius 3 is 2.22 bits per heavy atom. The van der Waals surface area contributed by atoms with E-state index in [0.717, 1.165) is 72.7 Å². The Morgan fingerprint density at radius 1 is 1.05 bits per heavy atom. The Kier molecular flexibility index (Phi) is 9.07. The molecule has 7 heteroatoms. The molecule has 0 radical (unpaired) electrons. The molecule has 0 bridgehead atoms. The largest absolute Gasteiger partial charge is 0.479 e. The van der Waals surface area contributed by atoms with Crippen molar-refractivity contribution in [2.75, 3.05) is 29.9 Å². The molecule has 2 aromatic carbocycles. The Balaban J connectivity index is 1.71. The number of hydrogen-bond acceptors (Lipinski definition) is 5. The minimum atomic E-state index is -1.14. The summed E-state index contributed by atoms with van der Waals surface area (Å²) in [5, 5.41) is 13.8. The van der Waals surface area contributed by atoms with Crippen molar-refractivity contribution >= 4 is 17.3 Å². The molecule has 6 nitrogen and oxygen atoms in total. The normalized spacial score (nSPS) is 16.0. The van der Waals surface area contributed by atoms with Gasteiger partial charge in [0.1, 0.15) is 5.82 Å². The first kappa shape index (κ1) is 30.5. The predicted molar refractivity (Wildman–Crippen MR) is 164 cm³/mol. The van der Waals surface area contributed by atoms with Crippen LogP contribution in [0.15, 0.2) is 48.5 Å². The quantitative estimate of drug-likeness (QED) is 0.279. The summed E-state index contributed by atoms with van der Waals surface area (Å²) in [7, 11) is 0. The maximum atomic E-state index is 13.2. The lowest BCUT2D eigenvalue weighted by atomic mass is 9.82. The Morgan fingerprint density at radius 2 is 1.66 bits per heavy atom. The second kappa shape index (κ2) is 12.2. The molecule has 0 aliphatic carbocycles. The summed E-state index contributed by atoms with van der Waals surface area (Å²) in [5.74, 6) is -1.24. The van der Waals surface area contributed by atoms with Crippen LogP contribution >= 0.6 is 0 Å². The van der Waals surface area contributed by atoms with Crippen molar-refractivity contribution < 1.29 is 19.0 Å². The first-order valence-corrected chi connectivity index (χ1v) is 14.5. The molecule has 1 saturated heterocycles. The number of nitrogens with one attached hydrogen (secondary N) is 1. The number of rotatable bonds is 9. The third-order valence-corrected chi connectivity index (χ3v) is 7.80. The minimum Gasteiger partial charge on any atom is -0.479 e. The van der Waals surface area contributed by atoms with Crippen molar-refractivity contribution in [3.8, 4) is 11.1 Å². The molecule has 1 aliphatic rings. The Labute approximate surface area is 244 Å². The van der Waals surface area contributed by atoms with E-state index in [9.17, 15) is 14.3 Å². The smallest absolute Gasteiger partial charge is 0.337 e. The second-order valence-corrected chi connectivity index (χ2v) is 12.9. The van der Waals surface area contributed by atoms with E-state index in [0.29, 0.717) is 11.3 Å². The third kappa shape index (κ3) is 7.64. The first-order valence-electron chi connectivity index (χ1n) is 14.5. The number of pyridine rings is 1. The molecule has 41 heavy (non-hydrogen) atoms. The van der Waals surface area contributed by atoms with E-state index >= 15 is 0 Å². The molecule has 0 amide bonds. The molecule has 0 saturated carbocycles. The maximum Gasteiger partial charge on any atom is 0.337 e. The summed E-state index contributed by atoms with van der Waals surface area (Å²) in [6, 6.07) is 14.8. The number of benzene rings is 2. The highest BCUT2D eigenvalue weighted by Crippen LogP contribution is 2.45. The van der Waals surface area contributed by atoms with Gasteiger partial charge in [0.05, 0.1) is 11.3 Å². The van der Waals surface area contributed by atoms with Crippen LogP contribution in [0.2, 0.25) is 0 Å². The van der Waals surface area contributed by atoms with Gasteiger partial charge in [-0.2, -0.15) is 0 Å². The lowest BCUT2D eigenvalue weighted by Gasteiger charge is -2.41. The lowest BCUT2D eigenvalue weighted by Crippen LogP contribution is -2.39. The molecular formula is C34H44FN3O3. The van der Waals surface area contributed by atoms with E-state index in [2.05, 4.69) is 36.2 Å². The highest BCUT2D eigenvalue weighted by Gasteiger charge is 2.36. The number of hydrogen-bond donors (Lipinski definition) is 2. The topological polar surface area (TPSA) is 74.7 Å². The first-order chi connectivity index (χ1) is 19.2. The number of anilines is 2. The van der Waals surface area contributed by atoms with E-state index in [-0.39, 0.29) is 11.2 Å². The van der Waals surface area contributed by atoms with Gasteiger partial charge >= 0.3 is 5.97 Å². The summed E-state index contributed by atoms with van der Waals surface area (Å²) < 4.78 is 19.4. The van der Waals surface area contributed by atoms with Crippen LogP contribution in [0.1, 0.15) is 76.1 Å². The van der Waals surface area contributed by atoms with Gasteiger partial charge in [-0.3, -0.25) is 4.98 Å². The summed E-state index contributed by atoms with van der Waals surface area (Å²) >= 11 is 0. The van der Waals surface area contributed by atoms with Crippen molar-refractivity contribution in [3.63, 3.8) is 0 Å². The van der Waals surface area contributed by atoms with Gasteiger partial charge in [0.25, 0.3) is 0 Å². The van der Waals surface area contributed by atoms with E-state index in [1.807, 2.05) is 58.9 Å². The van der Waals surface area contributed by atoms with Gasteiger partial charge < -0.3 is 20.1 Å². The fraction of sp³-hybridized carbons (Fsp3) is 0.471. The van der Waals surface area contributed by atoms with Gasteiger partial charge in [0.15, 0.2) is 6.10 Å². The number of carbonyl (C=O) groups is 1. The molecule has 220 valence electrons. The summed E-state index contributed by atoms with van der Waals surface area (Å²) in [6.07, 6.45) is 1.67. The van der Waals surface area contributed by atoms with Gasteiger partial charge in [-0.25, -0.2) is 9.18 Å². The molecule has 1 aromatic heterocycles. The van der Waals surface area contributed by atoms with Gasteiger partial charge in [-0.05, 0) is 94.7 Å². The van der Waals surface area contributed by atoms with Gasteiger partial charge in [0.2, 0.25) is 0 Å². The number of halogens is 1. The van der Waals surface area contributed by atoms with Crippen LogP contribution in [-0.2, 0) is 16.0 Å². The second-order valence-electron chi connectivity index (χ2n) is 12.9. The van der Waals surface area contributed by atoms with Crippen LogP contribution in [0.25, 0.3) is 11.1 Å². The molecule has 0 spiro atoms. The highest BCUT2D eigenvalue weighted by atomic mass is 19.1. The van der Waals surface area contributed by atoms with E-state index < -0.39 is 17.7 Å². The molecule has 1 unspecified atom stereocenters. The van der Waals surface area contributed by atoms with Crippen molar-refractivity contribution in [2.24, 2.45) is 5.41 Å². The van der Waals surface area contributed by atoms with Crippen LogP contribution in [-0.4, -0.2) is 41.3 Å². The van der Waals surface area contributed by atoms with Crippen molar-refractivity contribution in [1.82, 2.24) is 4.98 Å². The van der Waals surface area contributed by atoms with Gasteiger partial charge in [0, 0.05) is 47.8 Å². The molecule has 1 aliphatic heterocycles. The van der Waals surface area contributed by atoms with Crippen molar-refractivity contribution in [1.29, 1.82) is 0 Å². The zero-order valence-electron chi connectivity index (χ0n) is 25.5. The Bertz CT molecular complexity index is 1350. The maximum absolute atomic E-state index is 13.2. The lowest BCUT2D eigenvalue weighted by molar-refractivity contribution is -0.160. The average molecular weight is 562 g/mol. The zero-order chi connectivity index (χ0) is 29.9. The molecule has 4 rings (SSSR count). The monoisotopic (exact) mass is 561 g/mol. The van der Waals surface area contributed by atoms with Crippen molar-refractivity contribution in [2.45, 2.75) is 79.4 Å². The standard InChI is InChI=1S/C34H44FN3O3/c1-22-28(25-10-14-27(15-11-25)36-19-16-24-8-12-26(35)13-9-24)30(38-20-17-34(6,7)18-21-38)29(23(2)37-22)31(32(39)40)41-33(3,4)5/h8-15,31,36H,16-21H2,1-7H3,(H,39,40). The Hall–Kier alpha value is -3.45. The summed E-state index contributed by atoms with van der Waals surface area (Å²) in [6.45, 7) is 16.5. The fourth-order valence-electron chi connectivity index (χ4n) is 5.51. The number of carboxylic acids is 1. The summed E-state index contributed by atoms with van der Waals surface area (Å²) in [4.78, 5) is 19.9. The number of aromatic nitrogens is 1. The fourth-order valence-corrected chi connectivity index (χ4v) is 5.51. The van der Waals surface area contributed by atoms with E-state index in [1.165, 1.54) is 12.1 Å². The van der Waals surface area contributed by atoms with Crippen LogP contribution in [0.5, 0.6) is 0 Å². The van der Waals surface area contributed by atoms with E-state index in [4.69, 9.17) is 9.72 Å². The number of carboxylic acid groups (broad SMARTS) is 1. The number of piperidine rings is 1. The SMILES string of the molecule is Cc1nc(C)c(C(OC(C)(C)C)C(=O)O)c(N2CCC(C)(C)CC2)c1-c1ccc(NCCc2ccc(F)cc2)cc1. The van der Waals surface area contributed by atoms with E-state index in [1.54, 1.807) is 0 Å². The third-order valence-electron chi connectivity index (χ3n) is 7.80. The van der Waals surface area contributed by atoms with Gasteiger partial charge in [-0.1, -0.05) is 38.1 Å². The summed E-state index contributed by atoms with van der Waals surface area (Å²) in [5.41, 5.74) is 6.68.